The summed E-state index contributed by atoms with van der Waals surface area (Å²) in [6.07, 6.45) is 3.80. The molecule has 0 saturated carbocycles. The third-order valence-corrected chi connectivity index (χ3v) is 4.30. The molecule has 1 aliphatic heterocycles. The quantitative estimate of drug-likeness (QED) is 0.922. The van der Waals surface area contributed by atoms with Gasteiger partial charge in [-0.15, -0.1) is 0 Å². The van der Waals surface area contributed by atoms with Crippen LogP contribution in [0.15, 0.2) is 22.7 Å². The van der Waals surface area contributed by atoms with Gasteiger partial charge in [-0.2, -0.15) is 0 Å². The normalized spacial score (nSPS) is 24.4. The van der Waals surface area contributed by atoms with Crippen molar-refractivity contribution in [2.24, 2.45) is 5.73 Å². The van der Waals surface area contributed by atoms with E-state index in [-0.39, 0.29) is 0 Å². The molecule has 0 spiro atoms. The number of benzene rings is 1. The fourth-order valence-electron chi connectivity index (χ4n) is 2.86. The first-order valence-corrected chi connectivity index (χ1v) is 7.23. The second-order valence-corrected chi connectivity index (χ2v) is 5.79. The van der Waals surface area contributed by atoms with E-state index >= 15 is 0 Å². The van der Waals surface area contributed by atoms with E-state index in [0.717, 1.165) is 4.47 Å². The average molecular weight is 297 g/mol. The molecule has 1 aromatic rings. The highest BCUT2D eigenvalue weighted by atomic mass is 79.9. The van der Waals surface area contributed by atoms with E-state index in [9.17, 15) is 0 Å². The molecule has 17 heavy (non-hydrogen) atoms. The van der Waals surface area contributed by atoms with Gasteiger partial charge in [0.2, 0.25) is 0 Å². The molecule has 1 aliphatic rings. The van der Waals surface area contributed by atoms with Crippen LogP contribution in [-0.4, -0.2) is 12.1 Å². The average Bonchev–Trinajstić information content (AvgIpc) is 2.70. The molecule has 2 nitrogen and oxygen atoms in total. The number of nitrogens with zero attached hydrogens (tertiary/aromatic N) is 1. The van der Waals surface area contributed by atoms with Crippen LogP contribution in [0.2, 0.25) is 0 Å². The second kappa shape index (κ2) is 5.40. The largest absolute Gasteiger partial charge is 0.366 e. The summed E-state index contributed by atoms with van der Waals surface area (Å²) in [7, 11) is 0. The van der Waals surface area contributed by atoms with Crippen molar-refractivity contribution in [2.75, 3.05) is 4.90 Å². The van der Waals surface area contributed by atoms with Gasteiger partial charge in [0.15, 0.2) is 0 Å². The Morgan fingerprint density at radius 1 is 1.41 bits per heavy atom. The van der Waals surface area contributed by atoms with Gasteiger partial charge in [0.05, 0.1) is 0 Å². The lowest BCUT2D eigenvalue weighted by Gasteiger charge is -2.32. The lowest BCUT2D eigenvalue weighted by atomic mass is 10.1. The highest BCUT2D eigenvalue weighted by Gasteiger charge is 2.30. The number of rotatable bonds is 3. The van der Waals surface area contributed by atoms with Crippen molar-refractivity contribution >= 4 is 21.6 Å². The van der Waals surface area contributed by atoms with Gasteiger partial charge in [0, 0.05) is 28.8 Å². The van der Waals surface area contributed by atoms with Gasteiger partial charge in [-0.05, 0) is 43.9 Å². The van der Waals surface area contributed by atoms with Crippen LogP contribution in [0.5, 0.6) is 0 Å². The molecule has 94 valence electrons. The first-order valence-electron chi connectivity index (χ1n) is 6.44. The predicted molar refractivity (Wildman–Crippen MR) is 77.3 cm³/mol. The zero-order valence-corrected chi connectivity index (χ0v) is 12.2. The Morgan fingerprint density at radius 2 is 2.18 bits per heavy atom. The van der Waals surface area contributed by atoms with Crippen LogP contribution in [0.4, 0.5) is 5.69 Å². The number of nitrogens with two attached hydrogens (primary N) is 1. The standard InChI is InChI=1S/C14H21BrN2/c1-3-13-7-4-10(2)17(13)14-8-12(15)6-5-11(14)9-16/h5-6,8,10,13H,3-4,7,9,16H2,1-2H3. The van der Waals surface area contributed by atoms with Crippen molar-refractivity contribution in [3.63, 3.8) is 0 Å². The molecule has 0 radical (unpaired) electrons. The zero-order chi connectivity index (χ0) is 12.4. The summed E-state index contributed by atoms with van der Waals surface area (Å²) in [6, 6.07) is 7.72. The minimum atomic E-state index is 0.613. The maximum Gasteiger partial charge on any atom is 0.0427 e. The van der Waals surface area contributed by atoms with Crippen LogP contribution in [0.3, 0.4) is 0 Å². The Morgan fingerprint density at radius 3 is 2.82 bits per heavy atom. The Balaban J connectivity index is 2.40. The van der Waals surface area contributed by atoms with E-state index in [1.165, 1.54) is 30.5 Å². The monoisotopic (exact) mass is 296 g/mol. The molecule has 2 N–H and O–H groups in total. The van der Waals surface area contributed by atoms with Crippen molar-refractivity contribution in [2.45, 2.75) is 51.7 Å². The summed E-state index contributed by atoms with van der Waals surface area (Å²) < 4.78 is 1.14. The molecule has 1 fully saturated rings. The van der Waals surface area contributed by atoms with E-state index in [2.05, 4.69) is 52.9 Å². The molecule has 0 aliphatic carbocycles. The summed E-state index contributed by atoms with van der Waals surface area (Å²) in [5.41, 5.74) is 8.43. The molecule has 2 rings (SSSR count). The molecule has 3 heteroatoms. The number of hydrogen-bond donors (Lipinski definition) is 1. The molecule has 2 atom stereocenters. The molecular weight excluding hydrogens is 276 g/mol. The Labute approximate surface area is 112 Å². The van der Waals surface area contributed by atoms with Gasteiger partial charge >= 0.3 is 0 Å². The summed E-state index contributed by atoms with van der Waals surface area (Å²) >= 11 is 3.57. The number of hydrogen-bond acceptors (Lipinski definition) is 2. The van der Waals surface area contributed by atoms with E-state index in [0.29, 0.717) is 18.6 Å². The van der Waals surface area contributed by atoms with Crippen LogP contribution >= 0.6 is 15.9 Å². The Bertz CT molecular complexity index is 392. The fourth-order valence-corrected chi connectivity index (χ4v) is 3.21. The highest BCUT2D eigenvalue weighted by molar-refractivity contribution is 9.10. The van der Waals surface area contributed by atoms with Crippen molar-refractivity contribution in [1.29, 1.82) is 0 Å². The summed E-state index contributed by atoms with van der Waals surface area (Å²) in [5, 5.41) is 0. The maximum atomic E-state index is 5.86. The van der Waals surface area contributed by atoms with Crippen molar-refractivity contribution in [3.05, 3.63) is 28.2 Å². The van der Waals surface area contributed by atoms with Gasteiger partial charge in [0.1, 0.15) is 0 Å². The van der Waals surface area contributed by atoms with Crippen LogP contribution in [0.25, 0.3) is 0 Å². The van der Waals surface area contributed by atoms with Gasteiger partial charge < -0.3 is 10.6 Å². The molecule has 2 unspecified atom stereocenters. The first kappa shape index (κ1) is 12.9. The van der Waals surface area contributed by atoms with E-state index < -0.39 is 0 Å². The first-order chi connectivity index (χ1) is 8.17. The molecule has 1 heterocycles. The van der Waals surface area contributed by atoms with Gasteiger partial charge in [-0.25, -0.2) is 0 Å². The Kier molecular flexibility index (Phi) is 4.10. The number of halogens is 1. The van der Waals surface area contributed by atoms with E-state index in [1.54, 1.807) is 0 Å². The molecule has 1 aromatic carbocycles. The minimum Gasteiger partial charge on any atom is -0.366 e. The van der Waals surface area contributed by atoms with Crippen LogP contribution in [-0.2, 0) is 6.54 Å². The summed E-state index contributed by atoms with van der Waals surface area (Å²) in [5.74, 6) is 0. The van der Waals surface area contributed by atoms with Crippen LogP contribution < -0.4 is 10.6 Å². The number of anilines is 1. The van der Waals surface area contributed by atoms with Crippen molar-refractivity contribution < 1.29 is 0 Å². The lowest BCUT2D eigenvalue weighted by Crippen LogP contribution is -2.35. The second-order valence-electron chi connectivity index (χ2n) is 4.87. The summed E-state index contributed by atoms with van der Waals surface area (Å²) in [6.45, 7) is 5.20. The SMILES string of the molecule is CCC1CCC(C)N1c1cc(Br)ccc1CN. The van der Waals surface area contributed by atoms with Crippen LogP contribution in [0, 0.1) is 0 Å². The Hall–Kier alpha value is -0.540. The third kappa shape index (κ3) is 2.50. The predicted octanol–water partition coefficient (Wildman–Crippen LogP) is 3.68. The smallest absolute Gasteiger partial charge is 0.0427 e. The third-order valence-electron chi connectivity index (χ3n) is 3.80. The fraction of sp³-hybridized carbons (Fsp3) is 0.571. The summed E-state index contributed by atoms with van der Waals surface area (Å²) in [4.78, 5) is 2.56. The molecule has 0 aromatic heterocycles. The van der Waals surface area contributed by atoms with Gasteiger partial charge in [0.25, 0.3) is 0 Å². The van der Waals surface area contributed by atoms with Crippen LogP contribution in [0.1, 0.15) is 38.7 Å². The molecule has 1 saturated heterocycles. The van der Waals surface area contributed by atoms with E-state index in [4.69, 9.17) is 5.73 Å². The molecular formula is C14H21BrN2. The highest BCUT2D eigenvalue weighted by Crippen LogP contribution is 2.35. The topological polar surface area (TPSA) is 29.3 Å². The molecule has 0 amide bonds. The van der Waals surface area contributed by atoms with Crippen molar-refractivity contribution in [1.82, 2.24) is 0 Å². The van der Waals surface area contributed by atoms with Gasteiger partial charge in [-0.1, -0.05) is 28.9 Å². The van der Waals surface area contributed by atoms with Crippen molar-refractivity contribution in [3.8, 4) is 0 Å². The lowest BCUT2D eigenvalue weighted by molar-refractivity contribution is 0.625. The van der Waals surface area contributed by atoms with Gasteiger partial charge in [-0.3, -0.25) is 0 Å². The minimum absolute atomic E-state index is 0.613. The molecule has 0 bridgehead atoms. The van der Waals surface area contributed by atoms with E-state index in [1.807, 2.05) is 0 Å². The maximum absolute atomic E-state index is 5.86. The zero-order valence-electron chi connectivity index (χ0n) is 10.6.